The number of hydrogen-bond donors (Lipinski definition) is 3. The molecule has 8 unspecified atom stereocenters. The summed E-state index contributed by atoms with van der Waals surface area (Å²) < 4.78 is 84.2. The predicted octanol–water partition coefficient (Wildman–Crippen LogP) is 14.0. The van der Waals surface area contributed by atoms with Crippen molar-refractivity contribution in [3.63, 3.8) is 0 Å². The van der Waals surface area contributed by atoms with E-state index in [1.54, 1.807) is 6.07 Å². The van der Waals surface area contributed by atoms with E-state index in [-0.39, 0.29) is 86.1 Å². The van der Waals surface area contributed by atoms with Crippen molar-refractivity contribution in [2.45, 2.75) is 315 Å². The van der Waals surface area contributed by atoms with Gasteiger partial charge >= 0.3 is 45.4 Å². The molecule has 8 fully saturated rings. The van der Waals surface area contributed by atoms with Crippen molar-refractivity contribution < 1.29 is 109 Å². The van der Waals surface area contributed by atoms with Gasteiger partial charge in [-0.3, -0.25) is 59.9 Å². The molecule has 4 heterocycles. The Labute approximate surface area is 653 Å². The van der Waals surface area contributed by atoms with E-state index in [0.717, 1.165) is 102 Å². The molecular formula is C77H118N4O24S4. The summed E-state index contributed by atoms with van der Waals surface area (Å²) in [5.41, 5.74) is 3.19. The number of rotatable bonds is 38. The molecule has 0 radical (unpaired) electrons. The molecule has 2 bridgehead atoms. The van der Waals surface area contributed by atoms with Gasteiger partial charge in [0.2, 0.25) is 0 Å². The first kappa shape index (κ1) is 92.2. The van der Waals surface area contributed by atoms with Gasteiger partial charge in [-0.1, -0.05) is 188 Å². The van der Waals surface area contributed by atoms with Crippen LogP contribution >= 0.6 is 0 Å². The molecule has 11 rings (SSSR count). The minimum atomic E-state index is -2.24. The lowest BCUT2D eigenvalue weighted by molar-refractivity contribution is -0.165. The molecule has 28 nitrogen and oxygen atoms in total. The van der Waals surface area contributed by atoms with Gasteiger partial charge in [0.1, 0.15) is 23.0 Å². The lowest BCUT2D eigenvalue weighted by Gasteiger charge is -2.59. The first-order chi connectivity index (χ1) is 52.5. The van der Waals surface area contributed by atoms with Gasteiger partial charge in [0.15, 0.2) is 0 Å². The van der Waals surface area contributed by atoms with Crippen molar-refractivity contribution in [3.05, 3.63) is 53.1 Å². The molecule has 32 heteroatoms. The molecule has 9 aliphatic rings. The van der Waals surface area contributed by atoms with Crippen LogP contribution in [0.15, 0.2) is 36.4 Å². The highest BCUT2D eigenvalue weighted by atomic mass is 32.2. The fourth-order valence-electron chi connectivity index (χ4n) is 15.9. The van der Waals surface area contributed by atoms with E-state index in [0.29, 0.717) is 64.1 Å². The number of imide groups is 4. The van der Waals surface area contributed by atoms with Gasteiger partial charge in [-0.15, -0.1) is 37.4 Å². The van der Waals surface area contributed by atoms with E-state index >= 15 is 0 Å². The van der Waals surface area contributed by atoms with Crippen molar-refractivity contribution in [3.8, 4) is 17.2 Å². The smallest absolute Gasteiger partial charge is 0.328 e. The number of hydroxylamine groups is 8. The van der Waals surface area contributed by atoms with E-state index < -0.39 is 98.1 Å². The Morgan fingerprint density at radius 3 is 1.13 bits per heavy atom. The molecule has 4 aliphatic heterocycles. The van der Waals surface area contributed by atoms with Crippen molar-refractivity contribution in [1.29, 1.82) is 0 Å². The number of carbonyl (C=O) groups is 9. The Balaban J connectivity index is 0.000000214. The number of nitrogens with zero attached hydrogens (tertiary/aromatic N) is 4. The molecule has 8 amide bonds. The summed E-state index contributed by atoms with van der Waals surface area (Å²) in [5, 5.41) is 33.1. The third-order valence-corrected chi connectivity index (χ3v) is 23.9. The molecule has 8 atom stereocenters. The average molecular weight is 1610 g/mol. The Hall–Kier alpha value is -5.65. The second-order valence-electron chi connectivity index (χ2n) is 29.1. The van der Waals surface area contributed by atoms with Crippen LogP contribution in [0, 0.1) is 17.3 Å². The standard InChI is InChI=1S/C25H30O3.C16H29NO5S.C12H15NO6S.C12H21NO5S.C10H17NO5S.C2H6/c26-18-7-9-20-17(14-18)16-25(21-10-8-19(27)15-22(21)28)13-5-2-6-23(25)24(20)11-3-1-4-12-24;1-2-3-4-5-6-7-8-9-10-11-14-21-23(20)22-17-15(18)12-13-16(17)19;14-9-5-8-3-4-12(9,6-8)7-18-20(17)19-13-10(15)1-2-11(13)16;1-2-3-4-5-6-7-10-17-19(16)18-13-11(14)8-9-12(13)15;1-2-3-4-5-8-15-17(14)16-11-9(12)6-7-10(11)13;1-2/h7-10,14-15,23,26-28H,1-6,11-13,16H2;2-14H2,1H3;8H,1-7H2;2-10H2,1H3;2-8H2,1H3;1-2H3. The number of ketones is 1. The highest BCUT2D eigenvalue weighted by Gasteiger charge is 2.58. The number of carbonyl (C=O) groups excluding carboxylic acids is 9. The normalized spacial score (nSPS) is 22.9. The van der Waals surface area contributed by atoms with Crippen LogP contribution in [0.5, 0.6) is 17.2 Å². The van der Waals surface area contributed by atoms with Gasteiger partial charge < -0.3 is 15.3 Å². The maximum Gasteiger partial charge on any atom is 0.328 e. The average Bonchev–Trinajstić information content (AvgIpc) is 1.57. The number of unbranched alkanes of at least 4 members (excludes halogenated alkanes) is 17. The largest absolute Gasteiger partial charge is 0.508 e. The summed E-state index contributed by atoms with van der Waals surface area (Å²) in [6.07, 6.45) is 38.2. The van der Waals surface area contributed by atoms with Crippen LogP contribution in [0.1, 0.15) is 315 Å². The lowest BCUT2D eigenvalue weighted by Crippen LogP contribution is -2.55. The molecular weight excluding hydrogens is 1490 g/mol. The van der Waals surface area contributed by atoms with Gasteiger partial charge in [-0.25, -0.2) is 0 Å². The Kier molecular flexibility index (Phi) is 41.0. The third kappa shape index (κ3) is 28.1. The van der Waals surface area contributed by atoms with Crippen LogP contribution in [0.25, 0.3) is 0 Å². The summed E-state index contributed by atoms with van der Waals surface area (Å²) >= 11 is -8.47. The lowest BCUT2D eigenvalue weighted by atomic mass is 9.44. The first-order valence-electron chi connectivity index (χ1n) is 39.7. The monoisotopic (exact) mass is 1610 g/mol. The molecule has 1 spiro atoms. The number of benzene rings is 2. The molecule has 109 heavy (non-hydrogen) atoms. The molecule has 4 saturated heterocycles. The van der Waals surface area contributed by atoms with Crippen LogP contribution in [0.2, 0.25) is 0 Å². The zero-order chi connectivity index (χ0) is 79.4. The van der Waals surface area contributed by atoms with Gasteiger partial charge in [-0.05, 0) is 117 Å². The zero-order valence-corrected chi connectivity index (χ0v) is 67.7. The highest BCUT2D eigenvalue weighted by molar-refractivity contribution is 7.75. The van der Waals surface area contributed by atoms with Gasteiger partial charge in [0, 0.05) is 74.8 Å². The van der Waals surface area contributed by atoms with E-state index in [9.17, 15) is 75.3 Å². The van der Waals surface area contributed by atoms with Crippen molar-refractivity contribution in [2.24, 2.45) is 17.3 Å². The van der Waals surface area contributed by atoms with E-state index in [1.165, 1.54) is 133 Å². The van der Waals surface area contributed by atoms with E-state index in [1.807, 2.05) is 32.0 Å². The summed E-state index contributed by atoms with van der Waals surface area (Å²) in [7, 11) is 0. The maximum absolute atomic E-state index is 11.9. The van der Waals surface area contributed by atoms with Gasteiger partial charge in [-0.2, -0.15) is 16.8 Å². The van der Waals surface area contributed by atoms with Crippen LogP contribution < -0.4 is 0 Å². The minimum Gasteiger partial charge on any atom is -0.508 e. The highest BCUT2D eigenvalue weighted by Crippen LogP contribution is 2.63. The topological polar surface area (TPSA) is 369 Å². The zero-order valence-electron chi connectivity index (χ0n) is 64.5. The molecule has 2 aromatic rings. The number of amides is 8. The second-order valence-corrected chi connectivity index (χ2v) is 32.3. The molecule has 4 saturated carbocycles. The summed E-state index contributed by atoms with van der Waals surface area (Å²) in [4.78, 5) is 102. The van der Waals surface area contributed by atoms with E-state index in [2.05, 4.69) is 35.4 Å². The first-order valence-corrected chi connectivity index (χ1v) is 43.7. The SMILES string of the molecule is CC.CCCCCCCCCCCCOS(=O)ON1C(=O)CCC1=O.CCCCCCCCOS(=O)ON1C(=O)CCC1=O.CCCCCCOS(=O)ON1C(=O)CCC1=O.O=C1CCC(=O)N1OS(=O)OCC12CCC(CC1=O)C2.Oc1ccc(C23CCCCC2C2(CCCCC2)c2ccc(O)cc2C3)c(O)c1. The Bertz CT molecular complexity index is 3350. The second kappa shape index (κ2) is 48.4. The molecule has 3 N–H and O–H groups in total. The fourth-order valence-corrected chi connectivity index (χ4v) is 18.3. The molecule has 614 valence electrons. The van der Waals surface area contributed by atoms with Crippen LogP contribution in [0.4, 0.5) is 0 Å². The van der Waals surface area contributed by atoms with Crippen molar-refractivity contribution in [2.75, 3.05) is 26.4 Å². The number of hydrogen-bond acceptors (Lipinski definition) is 24. The quantitative estimate of drug-likeness (QED) is 0.0415. The Morgan fingerprint density at radius 1 is 0.404 bits per heavy atom. The van der Waals surface area contributed by atoms with Crippen molar-refractivity contribution in [1.82, 2.24) is 20.3 Å². The van der Waals surface area contributed by atoms with Gasteiger partial charge in [0.25, 0.3) is 47.3 Å². The number of phenolic OH excluding ortho intramolecular Hbond substituents is 3. The van der Waals surface area contributed by atoms with Crippen molar-refractivity contribution >= 4 is 98.5 Å². The third-order valence-electron chi connectivity index (χ3n) is 21.4. The summed E-state index contributed by atoms with van der Waals surface area (Å²) in [6.45, 7) is 11.4. The van der Waals surface area contributed by atoms with Crippen LogP contribution in [-0.4, -0.2) is 132 Å². The predicted molar refractivity (Wildman–Crippen MR) is 405 cm³/mol. The molecule has 5 aliphatic carbocycles. The van der Waals surface area contributed by atoms with E-state index in [4.69, 9.17) is 25.3 Å². The molecule has 2 aromatic carbocycles. The van der Waals surface area contributed by atoms with Crippen LogP contribution in [-0.2, 0) is 140 Å². The van der Waals surface area contributed by atoms with Crippen LogP contribution in [0.3, 0.4) is 0 Å². The summed E-state index contributed by atoms with van der Waals surface area (Å²) in [5.74, 6) is -2.12. The maximum atomic E-state index is 11.9. The molecule has 0 aromatic heterocycles. The number of phenols is 3. The Morgan fingerprint density at radius 2 is 0.752 bits per heavy atom. The summed E-state index contributed by atoms with van der Waals surface area (Å²) in [6, 6.07) is 11.2. The fraction of sp³-hybridized carbons (Fsp3) is 0.727. The number of Topliss-reactive ketones (excluding diaryl/α,β-unsaturated/α-hetero) is 1. The number of fused-ring (bicyclic) bond motifs is 6. The minimum absolute atomic E-state index is 0.0190. The number of aromatic hydroxyl groups is 3. The van der Waals surface area contributed by atoms with Gasteiger partial charge in [0.05, 0.1) is 31.8 Å².